The maximum absolute atomic E-state index is 7.85. The van der Waals surface area contributed by atoms with Crippen LogP contribution in [0.3, 0.4) is 0 Å². The van der Waals surface area contributed by atoms with Crippen LogP contribution in [0.5, 0.6) is 0 Å². The summed E-state index contributed by atoms with van der Waals surface area (Å²) in [7, 11) is 2.16. The second-order valence-corrected chi connectivity index (χ2v) is 6.59. The molecule has 0 bridgehead atoms. The normalized spacial score (nSPS) is 18.7. The number of aromatic nitrogens is 2. The first-order chi connectivity index (χ1) is 11.2. The maximum atomic E-state index is 7.85. The summed E-state index contributed by atoms with van der Waals surface area (Å²) < 4.78 is 5.48. The van der Waals surface area contributed by atoms with Gasteiger partial charge in [0.25, 0.3) is 0 Å². The predicted octanol–water partition coefficient (Wildman–Crippen LogP) is 3.88. The van der Waals surface area contributed by atoms with E-state index in [-0.39, 0.29) is 7.32 Å². The van der Waals surface area contributed by atoms with Crippen LogP contribution in [0.4, 0.5) is 0 Å². The van der Waals surface area contributed by atoms with Gasteiger partial charge in [0.15, 0.2) is 0 Å². The lowest BCUT2D eigenvalue weighted by Crippen LogP contribution is -2.26. The van der Waals surface area contributed by atoms with E-state index in [0.29, 0.717) is 12.6 Å². The van der Waals surface area contributed by atoms with Crippen molar-refractivity contribution in [1.29, 1.82) is 5.41 Å². The number of H-pyrrole nitrogens is 1. The van der Waals surface area contributed by atoms with Crippen molar-refractivity contribution < 1.29 is 6.16 Å². The van der Waals surface area contributed by atoms with Gasteiger partial charge in [-0.3, -0.25) is 5.41 Å². The van der Waals surface area contributed by atoms with Crippen molar-refractivity contribution in [3.05, 3.63) is 34.9 Å². The third kappa shape index (κ3) is 4.30. The van der Waals surface area contributed by atoms with Crippen LogP contribution in [-0.2, 0) is 4.74 Å². The maximum Gasteiger partial charge on any atom is 0.205 e. The summed E-state index contributed by atoms with van der Waals surface area (Å²) in [5.74, 6) is 0.911. The Morgan fingerprint density at radius 2 is 2.57 bits per heavy atom. The molecule has 0 aromatic carbocycles. The first kappa shape index (κ1) is 16.0. The molecule has 5 nitrogen and oxygen atoms in total. The monoisotopic (exact) mass is 332 g/mol. The molecule has 1 fully saturated rings. The molecule has 6 heteroatoms. The molecule has 0 aliphatic carbocycles. The van der Waals surface area contributed by atoms with Gasteiger partial charge in [-0.25, -0.2) is 4.98 Å². The Morgan fingerprint density at radius 3 is 3.30 bits per heavy atom. The van der Waals surface area contributed by atoms with Gasteiger partial charge in [-0.2, -0.15) is 11.3 Å². The molecule has 3 heterocycles. The van der Waals surface area contributed by atoms with E-state index in [1.807, 2.05) is 11.6 Å². The molecule has 1 saturated heterocycles. The molecule has 2 aromatic heterocycles. The fourth-order valence-corrected chi connectivity index (χ4v) is 3.49. The molecule has 2 aromatic rings. The molecule has 0 saturated carbocycles. The summed E-state index contributed by atoms with van der Waals surface area (Å²) in [6.07, 6.45) is 8.72. The Bertz CT molecular complexity index is 668. The minimum absolute atomic E-state index is 0. The lowest BCUT2D eigenvalue weighted by molar-refractivity contribution is 0.226. The largest absolute Gasteiger partial charge is 0.478 e. The highest BCUT2D eigenvalue weighted by Gasteiger charge is 2.20. The molecular weight excluding hydrogens is 308 g/mol. The zero-order chi connectivity index (χ0) is 16.1. The number of ether oxygens (including phenoxy) is 1. The van der Waals surface area contributed by atoms with Crippen LogP contribution in [0, 0.1) is 5.41 Å². The highest BCUT2D eigenvalue weighted by atomic mass is 32.1. The molecule has 1 aliphatic heterocycles. The number of nitrogens with zero attached hydrogens (tertiary/aromatic N) is 2. The first-order valence-electron chi connectivity index (χ1n) is 7.89. The van der Waals surface area contributed by atoms with Gasteiger partial charge in [-0.1, -0.05) is 0 Å². The molecule has 0 spiro atoms. The Labute approximate surface area is 142 Å². The van der Waals surface area contributed by atoms with Crippen LogP contribution < -0.4 is 0 Å². The van der Waals surface area contributed by atoms with Crippen LogP contribution in [-0.4, -0.2) is 47.0 Å². The molecule has 3 rings (SSSR count). The molecule has 23 heavy (non-hydrogen) atoms. The fourth-order valence-electron chi connectivity index (χ4n) is 2.84. The highest BCUT2D eigenvalue weighted by molar-refractivity contribution is 7.08. The van der Waals surface area contributed by atoms with E-state index in [1.165, 1.54) is 19.4 Å². The average molecular weight is 332 g/mol. The highest BCUT2D eigenvalue weighted by Crippen LogP contribution is 2.20. The Morgan fingerprint density at radius 1 is 1.65 bits per heavy atom. The summed E-state index contributed by atoms with van der Waals surface area (Å²) in [4.78, 5) is 9.90. The van der Waals surface area contributed by atoms with Gasteiger partial charge in [0, 0.05) is 24.5 Å². The number of hydrogen-bond donors (Lipinski definition) is 2. The standard InChI is InChI=1S/C17H22N4OS.H2/c1-21-8-2-3-14(21)6-9-22-16(18)4-5-17-19-11-15(20-17)13-7-10-23-12-13;/h4-5,7,10-12,14,18H,2-3,6,8-9H2,1H3,(H,19,20);1H/b5-4-,18-16?;. The number of hydrogen-bond acceptors (Lipinski definition) is 5. The van der Waals surface area contributed by atoms with Crippen molar-refractivity contribution in [2.75, 3.05) is 20.2 Å². The molecule has 0 amide bonds. The van der Waals surface area contributed by atoms with Crippen molar-refractivity contribution in [2.24, 2.45) is 0 Å². The smallest absolute Gasteiger partial charge is 0.205 e. The van der Waals surface area contributed by atoms with Crippen LogP contribution in [0.25, 0.3) is 17.3 Å². The van der Waals surface area contributed by atoms with E-state index < -0.39 is 0 Å². The summed E-state index contributed by atoms with van der Waals surface area (Å²) >= 11 is 1.66. The predicted molar refractivity (Wildman–Crippen MR) is 97.0 cm³/mol. The van der Waals surface area contributed by atoms with Crippen LogP contribution >= 0.6 is 11.3 Å². The second-order valence-electron chi connectivity index (χ2n) is 5.81. The van der Waals surface area contributed by atoms with Crippen molar-refractivity contribution in [3.63, 3.8) is 0 Å². The van der Waals surface area contributed by atoms with E-state index in [0.717, 1.165) is 23.5 Å². The molecule has 1 unspecified atom stereocenters. The van der Waals surface area contributed by atoms with Gasteiger partial charge in [0.1, 0.15) is 5.82 Å². The van der Waals surface area contributed by atoms with Gasteiger partial charge in [-0.05, 0) is 50.4 Å². The SMILES string of the molecule is CN1CCCC1CCOC(=N)/C=C\c1ncc(-c2ccsc2)[nH]1.[HH]. The average Bonchev–Trinajstić information content (AvgIpc) is 3.27. The topological polar surface area (TPSA) is 65.0 Å². The fraction of sp³-hybridized carbons (Fsp3) is 0.412. The van der Waals surface area contributed by atoms with Gasteiger partial charge in [0.05, 0.1) is 18.5 Å². The molecule has 1 atom stereocenters. The third-order valence-electron chi connectivity index (χ3n) is 4.20. The minimum atomic E-state index is 0. The quantitative estimate of drug-likeness (QED) is 0.623. The second kappa shape index (κ2) is 7.57. The molecular formula is C17H24N4OS. The van der Waals surface area contributed by atoms with Crippen LogP contribution in [0.1, 0.15) is 26.5 Å². The summed E-state index contributed by atoms with van der Waals surface area (Å²) in [6.45, 7) is 1.77. The van der Waals surface area contributed by atoms with E-state index >= 15 is 0 Å². The number of aromatic amines is 1. The molecule has 1 aliphatic rings. The van der Waals surface area contributed by atoms with Crippen molar-refractivity contribution in [2.45, 2.75) is 25.3 Å². The summed E-state index contributed by atoms with van der Waals surface area (Å²) in [5.41, 5.74) is 2.12. The zero-order valence-corrected chi connectivity index (χ0v) is 14.1. The first-order valence-corrected chi connectivity index (χ1v) is 8.84. The molecule has 2 N–H and O–H groups in total. The van der Waals surface area contributed by atoms with E-state index in [4.69, 9.17) is 10.1 Å². The summed E-state index contributed by atoms with van der Waals surface area (Å²) in [6, 6.07) is 2.65. The third-order valence-corrected chi connectivity index (χ3v) is 4.88. The van der Waals surface area contributed by atoms with Crippen molar-refractivity contribution in [3.8, 4) is 11.3 Å². The Balaban J connectivity index is 0.00000208. The lowest BCUT2D eigenvalue weighted by Gasteiger charge is -2.18. The van der Waals surface area contributed by atoms with E-state index in [1.54, 1.807) is 23.5 Å². The number of imidazole rings is 1. The zero-order valence-electron chi connectivity index (χ0n) is 13.3. The number of rotatable bonds is 6. The number of nitrogens with one attached hydrogen (secondary N) is 2. The minimum Gasteiger partial charge on any atom is -0.478 e. The van der Waals surface area contributed by atoms with Crippen LogP contribution in [0.2, 0.25) is 0 Å². The Hall–Kier alpha value is -1.92. The van der Waals surface area contributed by atoms with Crippen LogP contribution in [0.15, 0.2) is 29.1 Å². The van der Waals surface area contributed by atoms with Gasteiger partial charge in [-0.15, -0.1) is 0 Å². The molecule has 0 radical (unpaired) electrons. The Kier molecular flexibility index (Phi) is 5.25. The van der Waals surface area contributed by atoms with E-state index in [2.05, 4.69) is 33.4 Å². The lowest BCUT2D eigenvalue weighted by atomic mass is 10.1. The van der Waals surface area contributed by atoms with Crippen molar-refractivity contribution >= 4 is 23.3 Å². The summed E-state index contributed by atoms with van der Waals surface area (Å²) in [5, 5.41) is 12.0. The van der Waals surface area contributed by atoms with Crippen molar-refractivity contribution in [1.82, 2.24) is 14.9 Å². The van der Waals surface area contributed by atoms with Gasteiger partial charge >= 0.3 is 0 Å². The number of likely N-dealkylation sites (tertiary alicyclic amines) is 1. The van der Waals surface area contributed by atoms with Gasteiger partial charge < -0.3 is 14.6 Å². The number of thiophene rings is 1. The van der Waals surface area contributed by atoms with Gasteiger partial charge in [0.2, 0.25) is 5.90 Å². The molecule has 124 valence electrons. The van der Waals surface area contributed by atoms with E-state index in [9.17, 15) is 0 Å².